The molecule has 7 heteroatoms. The van der Waals surface area contributed by atoms with Gasteiger partial charge in [0.25, 0.3) is 0 Å². The summed E-state index contributed by atoms with van der Waals surface area (Å²) in [5, 5.41) is 3.22. The molecule has 118 valence electrons. The molecule has 1 aromatic carbocycles. The summed E-state index contributed by atoms with van der Waals surface area (Å²) in [4.78, 5) is 14.6. The Hall–Kier alpha value is -1.86. The molecule has 0 atom stereocenters. The summed E-state index contributed by atoms with van der Waals surface area (Å²) in [5.41, 5.74) is 1.25. The van der Waals surface area contributed by atoms with Gasteiger partial charge in [-0.25, -0.2) is 0 Å². The van der Waals surface area contributed by atoms with E-state index in [4.69, 9.17) is 21.7 Å². The Bertz CT molecular complexity index is 585. The van der Waals surface area contributed by atoms with Crippen LogP contribution in [0.25, 0.3) is 0 Å². The van der Waals surface area contributed by atoms with E-state index in [2.05, 4.69) is 22.3 Å². The summed E-state index contributed by atoms with van der Waals surface area (Å²) in [5.74, 6) is 1.55. The molecule has 0 aliphatic carbocycles. The van der Waals surface area contributed by atoms with E-state index in [1.54, 1.807) is 0 Å². The van der Waals surface area contributed by atoms with Crippen molar-refractivity contribution in [2.24, 2.45) is 0 Å². The molecule has 2 N–H and O–H groups in total. The second kappa shape index (κ2) is 6.50. The number of benzene rings is 1. The third-order valence-corrected chi connectivity index (χ3v) is 4.29. The number of thiocarbonyl (C=S) groups is 1. The Kier molecular flexibility index (Phi) is 4.44. The lowest BCUT2D eigenvalue weighted by Gasteiger charge is -2.33. The van der Waals surface area contributed by atoms with E-state index in [0.29, 0.717) is 11.9 Å². The number of hydrogen-bond acceptors (Lipinski definition) is 4. The molecular formula is C15H20N3O3S+. The summed E-state index contributed by atoms with van der Waals surface area (Å²) >= 11 is 5.23. The average Bonchev–Trinajstić information content (AvgIpc) is 2.95. The highest BCUT2D eigenvalue weighted by Gasteiger charge is 2.23. The van der Waals surface area contributed by atoms with Gasteiger partial charge >= 0.3 is 0 Å². The Morgan fingerprint density at radius 3 is 2.77 bits per heavy atom. The zero-order valence-corrected chi connectivity index (χ0v) is 13.4. The number of nitrogens with zero attached hydrogens (tertiary/aromatic N) is 1. The second-order valence-electron chi connectivity index (χ2n) is 5.59. The SMILES string of the molecule is CC(=O)NC(=S)N1CC[NH+](Cc2ccc3c(c2)OCO3)CC1. The third kappa shape index (κ3) is 3.48. The normalized spacial score (nSPS) is 17.4. The van der Waals surface area contributed by atoms with Crippen LogP contribution < -0.4 is 19.7 Å². The van der Waals surface area contributed by atoms with Gasteiger partial charge in [0.05, 0.1) is 26.2 Å². The van der Waals surface area contributed by atoms with Crippen molar-refractivity contribution in [2.45, 2.75) is 13.5 Å². The Morgan fingerprint density at radius 1 is 1.32 bits per heavy atom. The van der Waals surface area contributed by atoms with Crippen molar-refractivity contribution >= 4 is 23.2 Å². The Morgan fingerprint density at radius 2 is 2.05 bits per heavy atom. The van der Waals surface area contributed by atoms with Gasteiger partial charge in [-0.05, 0) is 30.4 Å². The van der Waals surface area contributed by atoms with Crippen LogP contribution in [-0.4, -0.2) is 48.9 Å². The van der Waals surface area contributed by atoms with Crippen LogP contribution in [0.3, 0.4) is 0 Å². The van der Waals surface area contributed by atoms with Crippen LogP contribution in [0, 0.1) is 0 Å². The van der Waals surface area contributed by atoms with Crippen LogP contribution in [0.1, 0.15) is 12.5 Å². The van der Waals surface area contributed by atoms with Gasteiger partial charge < -0.3 is 24.6 Å². The second-order valence-corrected chi connectivity index (χ2v) is 5.97. The maximum Gasteiger partial charge on any atom is 0.231 e. The number of fused-ring (bicyclic) bond motifs is 1. The zero-order chi connectivity index (χ0) is 15.5. The fraction of sp³-hybridized carbons (Fsp3) is 0.467. The lowest BCUT2D eigenvalue weighted by Crippen LogP contribution is -3.13. The molecule has 0 saturated carbocycles. The summed E-state index contributed by atoms with van der Waals surface area (Å²) in [6, 6.07) is 6.12. The van der Waals surface area contributed by atoms with Crippen molar-refractivity contribution in [3.63, 3.8) is 0 Å². The Balaban J connectivity index is 1.52. The number of rotatable bonds is 2. The van der Waals surface area contributed by atoms with Gasteiger partial charge in [-0.3, -0.25) is 4.79 Å². The molecule has 2 heterocycles. The van der Waals surface area contributed by atoms with E-state index in [0.717, 1.165) is 44.2 Å². The number of piperazine rings is 1. The molecule has 0 aromatic heterocycles. The van der Waals surface area contributed by atoms with Crippen molar-refractivity contribution in [3.05, 3.63) is 23.8 Å². The van der Waals surface area contributed by atoms with Gasteiger partial charge in [0.2, 0.25) is 12.7 Å². The highest BCUT2D eigenvalue weighted by atomic mass is 32.1. The first kappa shape index (κ1) is 15.1. The fourth-order valence-corrected chi connectivity index (χ4v) is 3.10. The van der Waals surface area contributed by atoms with Crippen LogP contribution in [0.15, 0.2) is 18.2 Å². The van der Waals surface area contributed by atoms with Crippen LogP contribution in [-0.2, 0) is 11.3 Å². The van der Waals surface area contributed by atoms with Crippen molar-refractivity contribution in [3.8, 4) is 11.5 Å². The monoisotopic (exact) mass is 322 g/mol. The lowest BCUT2D eigenvalue weighted by atomic mass is 10.1. The first-order valence-electron chi connectivity index (χ1n) is 7.40. The minimum Gasteiger partial charge on any atom is -0.454 e. The summed E-state index contributed by atoms with van der Waals surface area (Å²) < 4.78 is 10.7. The Labute approximate surface area is 135 Å². The smallest absolute Gasteiger partial charge is 0.231 e. The van der Waals surface area contributed by atoms with E-state index < -0.39 is 0 Å². The van der Waals surface area contributed by atoms with Gasteiger partial charge in [0.15, 0.2) is 16.6 Å². The van der Waals surface area contributed by atoms with Crippen molar-refractivity contribution in [1.82, 2.24) is 10.2 Å². The number of carbonyl (C=O) groups is 1. The first-order chi connectivity index (χ1) is 10.6. The molecule has 2 aliphatic heterocycles. The molecule has 1 amide bonds. The molecule has 0 bridgehead atoms. The molecule has 0 radical (unpaired) electrons. The topological polar surface area (TPSA) is 55.2 Å². The van der Waals surface area contributed by atoms with Crippen LogP contribution in [0.2, 0.25) is 0 Å². The van der Waals surface area contributed by atoms with E-state index in [1.807, 2.05) is 6.07 Å². The number of carbonyl (C=O) groups excluding carboxylic acids is 1. The van der Waals surface area contributed by atoms with E-state index in [-0.39, 0.29) is 5.91 Å². The number of nitrogens with one attached hydrogen (secondary N) is 2. The zero-order valence-electron chi connectivity index (χ0n) is 12.6. The van der Waals surface area contributed by atoms with Crippen LogP contribution in [0.5, 0.6) is 11.5 Å². The fourth-order valence-electron chi connectivity index (χ4n) is 2.77. The summed E-state index contributed by atoms with van der Waals surface area (Å²) in [6.07, 6.45) is 0. The third-order valence-electron chi connectivity index (χ3n) is 3.93. The number of quaternary nitrogens is 1. The predicted molar refractivity (Wildman–Crippen MR) is 85.0 cm³/mol. The number of amides is 1. The molecule has 1 saturated heterocycles. The minimum absolute atomic E-state index is 0.111. The lowest BCUT2D eigenvalue weighted by molar-refractivity contribution is -0.917. The highest BCUT2D eigenvalue weighted by Crippen LogP contribution is 2.32. The molecule has 1 aromatic rings. The van der Waals surface area contributed by atoms with E-state index >= 15 is 0 Å². The number of ether oxygens (including phenoxy) is 2. The number of hydrogen-bond donors (Lipinski definition) is 2. The van der Waals surface area contributed by atoms with Gasteiger partial charge in [-0.15, -0.1) is 0 Å². The van der Waals surface area contributed by atoms with Crippen LogP contribution >= 0.6 is 12.2 Å². The predicted octanol–water partition coefficient (Wildman–Crippen LogP) is -0.463. The largest absolute Gasteiger partial charge is 0.454 e. The van der Waals surface area contributed by atoms with Gasteiger partial charge in [0.1, 0.15) is 6.54 Å². The molecule has 1 fully saturated rings. The molecule has 22 heavy (non-hydrogen) atoms. The van der Waals surface area contributed by atoms with Crippen molar-refractivity contribution in [2.75, 3.05) is 33.0 Å². The molecular weight excluding hydrogens is 302 g/mol. The molecule has 6 nitrogen and oxygen atoms in total. The summed E-state index contributed by atoms with van der Waals surface area (Å²) in [6.45, 7) is 6.45. The molecule has 0 unspecified atom stereocenters. The molecule has 2 aliphatic rings. The van der Waals surface area contributed by atoms with Crippen molar-refractivity contribution < 1.29 is 19.2 Å². The highest BCUT2D eigenvalue weighted by molar-refractivity contribution is 7.80. The maximum atomic E-state index is 11.0. The molecule has 3 rings (SSSR count). The van der Waals surface area contributed by atoms with E-state index in [1.165, 1.54) is 17.4 Å². The van der Waals surface area contributed by atoms with Gasteiger partial charge in [0, 0.05) is 12.5 Å². The quantitative estimate of drug-likeness (QED) is 0.722. The maximum absolute atomic E-state index is 11.0. The van der Waals surface area contributed by atoms with E-state index in [9.17, 15) is 4.79 Å². The standard InChI is InChI=1S/C15H19N3O3S/c1-11(19)16-15(22)18-6-4-17(5-7-18)9-12-2-3-13-14(8-12)21-10-20-13/h2-3,8H,4-7,9-10H2,1H3,(H,16,19,22)/p+1. The first-order valence-corrected chi connectivity index (χ1v) is 7.81. The minimum atomic E-state index is -0.111. The van der Waals surface area contributed by atoms with Crippen molar-refractivity contribution in [1.29, 1.82) is 0 Å². The molecule has 0 spiro atoms. The van der Waals surface area contributed by atoms with Gasteiger partial charge in [-0.2, -0.15) is 0 Å². The average molecular weight is 322 g/mol. The summed E-state index contributed by atoms with van der Waals surface area (Å²) in [7, 11) is 0. The van der Waals surface area contributed by atoms with Crippen LogP contribution in [0.4, 0.5) is 0 Å². The van der Waals surface area contributed by atoms with Gasteiger partial charge in [-0.1, -0.05) is 0 Å².